The fraction of sp³-hybridized carbons (Fsp3) is 0.231. The summed E-state index contributed by atoms with van der Waals surface area (Å²) < 4.78 is 59.5. The molecule has 1 aromatic rings. The molecule has 0 aromatic heterocycles. The van der Waals surface area contributed by atoms with Crippen LogP contribution in [-0.4, -0.2) is 20.0 Å². The Labute approximate surface area is 108 Å². The van der Waals surface area contributed by atoms with Gasteiger partial charge in [0.1, 0.15) is 17.2 Å². The van der Waals surface area contributed by atoms with Crippen molar-refractivity contribution in [2.75, 3.05) is 7.11 Å². The molecule has 0 saturated heterocycles. The molecular weight excluding hydrogens is 259 g/mol. The van der Waals surface area contributed by atoms with Gasteiger partial charge in [-0.25, -0.2) is 17.6 Å². The number of benzene rings is 1. The van der Waals surface area contributed by atoms with E-state index in [-0.39, 0.29) is 5.75 Å². The maximum atomic E-state index is 14.3. The largest absolute Gasteiger partial charge is 0.494 e. The predicted octanol–water partition coefficient (Wildman–Crippen LogP) is 2.78. The Balaban J connectivity index is 2.34. The fourth-order valence-corrected chi connectivity index (χ4v) is 1.87. The summed E-state index contributed by atoms with van der Waals surface area (Å²) in [6.45, 7) is 0. The first-order valence-corrected chi connectivity index (χ1v) is 5.56. The number of methoxy groups -OCH3 is 1. The molecule has 1 nitrogen and oxygen atoms in total. The van der Waals surface area contributed by atoms with Gasteiger partial charge in [-0.3, -0.25) is 0 Å². The van der Waals surface area contributed by atoms with E-state index in [2.05, 4.69) is 0 Å². The molecule has 0 amide bonds. The van der Waals surface area contributed by atoms with Gasteiger partial charge in [0.25, 0.3) is 0 Å². The summed E-state index contributed by atoms with van der Waals surface area (Å²) in [5, 5.41) is 0. The Morgan fingerprint density at radius 2 is 2.00 bits per heavy atom. The Morgan fingerprint density at radius 3 is 2.63 bits per heavy atom. The number of halogens is 4. The molecule has 0 N–H and O–H groups in total. The first kappa shape index (κ1) is 13.7. The second kappa shape index (κ2) is 5.11. The highest BCUT2D eigenvalue weighted by molar-refractivity contribution is 6.57. The number of rotatable bonds is 3. The molecule has 0 saturated carbocycles. The molecule has 0 spiro atoms. The van der Waals surface area contributed by atoms with Crippen LogP contribution in [0.15, 0.2) is 36.2 Å². The van der Waals surface area contributed by atoms with Gasteiger partial charge in [0.15, 0.2) is 11.6 Å². The van der Waals surface area contributed by atoms with Crippen LogP contribution in [0.25, 0.3) is 0 Å². The zero-order valence-electron chi connectivity index (χ0n) is 10.1. The predicted molar refractivity (Wildman–Crippen MR) is 65.1 cm³/mol. The van der Waals surface area contributed by atoms with E-state index in [4.69, 9.17) is 4.74 Å². The molecule has 1 aliphatic carbocycles. The minimum absolute atomic E-state index is 0.202. The van der Waals surface area contributed by atoms with Gasteiger partial charge in [-0.2, -0.15) is 0 Å². The van der Waals surface area contributed by atoms with E-state index in [1.54, 1.807) is 0 Å². The molecule has 1 aromatic carbocycles. The van der Waals surface area contributed by atoms with Crippen LogP contribution in [0.4, 0.5) is 17.6 Å². The Morgan fingerprint density at radius 1 is 1.26 bits per heavy atom. The Kier molecular flexibility index (Phi) is 3.69. The van der Waals surface area contributed by atoms with E-state index in [0.717, 1.165) is 31.6 Å². The van der Waals surface area contributed by atoms with Gasteiger partial charge in [-0.15, -0.1) is 0 Å². The molecule has 19 heavy (non-hydrogen) atoms. The van der Waals surface area contributed by atoms with E-state index in [0.29, 0.717) is 0 Å². The number of hydrogen-bond acceptors (Lipinski definition) is 1. The van der Waals surface area contributed by atoms with E-state index in [9.17, 15) is 17.6 Å². The Bertz CT molecular complexity index is 556. The van der Waals surface area contributed by atoms with Crippen molar-refractivity contribution in [2.45, 2.75) is 12.0 Å². The van der Waals surface area contributed by atoms with Crippen LogP contribution in [-0.2, 0) is 0 Å². The molecular formula is C13H10BF4O. The number of ether oxygens (including phenoxy) is 1. The molecule has 6 heteroatoms. The smallest absolute Gasteiger partial charge is 0.215 e. The molecule has 2 rings (SSSR count). The van der Waals surface area contributed by atoms with Crippen molar-refractivity contribution in [3.8, 4) is 5.75 Å². The number of alkyl halides is 1. The van der Waals surface area contributed by atoms with Crippen LogP contribution < -0.4 is 10.2 Å². The van der Waals surface area contributed by atoms with Gasteiger partial charge in [0.2, 0.25) is 7.28 Å². The molecule has 1 atom stereocenters. The van der Waals surface area contributed by atoms with Crippen molar-refractivity contribution in [2.24, 2.45) is 0 Å². The summed E-state index contributed by atoms with van der Waals surface area (Å²) in [7, 11) is 1.94. The van der Waals surface area contributed by atoms with Gasteiger partial charge in [0, 0.05) is 6.42 Å². The summed E-state index contributed by atoms with van der Waals surface area (Å²) in [4.78, 5) is 0. The van der Waals surface area contributed by atoms with Gasteiger partial charge >= 0.3 is 0 Å². The lowest BCUT2D eigenvalue weighted by Crippen LogP contribution is -2.41. The van der Waals surface area contributed by atoms with Crippen LogP contribution in [0.2, 0.25) is 0 Å². The third kappa shape index (κ3) is 2.83. The highest BCUT2D eigenvalue weighted by Gasteiger charge is 2.34. The molecule has 0 heterocycles. The van der Waals surface area contributed by atoms with Gasteiger partial charge in [-0.1, -0.05) is 12.2 Å². The van der Waals surface area contributed by atoms with Crippen LogP contribution in [0, 0.1) is 11.6 Å². The topological polar surface area (TPSA) is 9.23 Å². The lowest BCUT2D eigenvalue weighted by atomic mass is 9.54. The van der Waals surface area contributed by atoms with E-state index < -0.39 is 34.9 Å². The van der Waals surface area contributed by atoms with E-state index in [1.807, 2.05) is 0 Å². The summed E-state index contributed by atoms with van der Waals surface area (Å²) in [6.07, 6.45) is 2.74. The van der Waals surface area contributed by atoms with Gasteiger partial charge < -0.3 is 4.74 Å². The summed E-state index contributed by atoms with van der Waals surface area (Å²) in [5.41, 5.74) is -2.83. The van der Waals surface area contributed by atoms with Crippen molar-refractivity contribution in [1.29, 1.82) is 0 Å². The fourth-order valence-electron chi connectivity index (χ4n) is 1.87. The van der Waals surface area contributed by atoms with E-state index >= 15 is 0 Å². The van der Waals surface area contributed by atoms with E-state index in [1.165, 1.54) is 13.2 Å². The maximum absolute atomic E-state index is 14.3. The first-order valence-electron chi connectivity index (χ1n) is 5.56. The molecule has 1 unspecified atom stereocenters. The molecule has 0 fully saturated rings. The highest BCUT2D eigenvalue weighted by atomic mass is 19.2. The lowest BCUT2D eigenvalue weighted by Gasteiger charge is -2.23. The molecule has 99 valence electrons. The quantitative estimate of drug-likeness (QED) is 0.605. The normalized spacial score (nSPS) is 22.1. The average molecular weight is 269 g/mol. The standard InChI is InChI=1S/C13H10BF4O/c1-19-10-5-4-9(16)11(12(10)17)14-13(18)6-2-3-8(15)7-13/h2-6H,7H2,1H3. The van der Waals surface area contributed by atoms with Crippen LogP contribution in [0.5, 0.6) is 5.75 Å². The monoisotopic (exact) mass is 269 g/mol. The SMILES string of the molecule is COc1ccc(F)c([B]C2(F)C=CC=C(F)C2)c1F. The summed E-state index contributed by atoms with van der Waals surface area (Å²) in [6, 6.07) is 2.07. The number of allylic oxidation sites excluding steroid dienone is 4. The number of hydrogen-bond donors (Lipinski definition) is 0. The van der Waals surface area contributed by atoms with Crippen molar-refractivity contribution >= 4 is 12.7 Å². The van der Waals surface area contributed by atoms with Gasteiger partial charge in [-0.05, 0) is 23.7 Å². The second-order valence-corrected chi connectivity index (χ2v) is 4.20. The van der Waals surface area contributed by atoms with Crippen molar-refractivity contribution in [3.63, 3.8) is 0 Å². The van der Waals surface area contributed by atoms with Crippen LogP contribution >= 0.6 is 0 Å². The van der Waals surface area contributed by atoms with Crippen LogP contribution in [0.3, 0.4) is 0 Å². The minimum Gasteiger partial charge on any atom is -0.494 e. The summed E-state index contributed by atoms with van der Waals surface area (Å²) >= 11 is 0. The minimum atomic E-state index is -2.26. The molecule has 0 aliphatic heterocycles. The van der Waals surface area contributed by atoms with Crippen molar-refractivity contribution < 1.29 is 22.3 Å². The molecule has 1 radical (unpaired) electrons. The molecule has 0 bridgehead atoms. The van der Waals surface area contributed by atoms with Crippen LogP contribution in [0.1, 0.15) is 6.42 Å². The zero-order chi connectivity index (χ0) is 14.0. The first-order chi connectivity index (χ1) is 8.95. The lowest BCUT2D eigenvalue weighted by molar-refractivity contribution is 0.315. The van der Waals surface area contributed by atoms with Gasteiger partial charge in [0.05, 0.1) is 7.11 Å². The third-order valence-corrected chi connectivity index (χ3v) is 2.79. The summed E-state index contributed by atoms with van der Waals surface area (Å²) in [5.74, 6) is -2.83. The average Bonchev–Trinajstić information content (AvgIpc) is 2.34. The zero-order valence-corrected chi connectivity index (χ0v) is 10.1. The second-order valence-electron chi connectivity index (χ2n) is 4.20. The van der Waals surface area contributed by atoms with Crippen molar-refractivity contribution in [1.82, 2.24) is 0 Å². The van der Waals surface area contributed by atoms with Crippen molar-refractivity contribution in [3.05, 3.63) is 47.8 Å². The maximum Gasteiger partial charge on any atom is 0.215 e. The highest BCUT2D eigenvalue weighted by Crippen LogP contribution is 2.27. The Hall–Kier alpha value is -1.72. The molecule has 1 aliphatic rings. The third-order valence-electron chi connectivity index (χ3n) is 2.79.